The summed E-state index contributed by atoms with van der Waals surface area (Å²) in [4.78, 5) is 12.9. The van der Waals surface area contributed by atoms with Crippen molar-refractivity contribution in [1.82, 2.24) is 9.69 Å². The molecule has 0 bridgehead atoms. The molecule has 9 heteroatoms. The summed E-state index contributed by atoms with van der Waals surface area (Å²) in [7, 11) is 0. The molecule has 34 heavy (non-hydrogen) atoms. The van der Waals surface area contributed by atoms with Crippen molar-refractivity contribution in [3.63, 3.8) is 0 Å². The maximum atomic E-state index is 12.8. The highest BCUT2D eigenvalue weighted by Crippen LogP contribution is 2.37. The molecule has 1 aromatic heterocycles. The summed E-state index contributed by atoms with van der Waals surface area (Å²) < 4.78 is 53.9. The SMILES string of the molecule is Cc1c(-c2ccc(OCC(=O)NCC3CCOCC3)cc2)nsc1-c1ccc(C(F)(F)F)cc1. The number of halogens is 3. The molecular formula is C25H25F3N2O3S. The monoisotopic (exact) mass is 490 g/mol. The van der Waals surface area contributed by atoms with Gasteiger partial charge in [-0.25, -0.2) is 0 Å². The highest BCUT2D eigenvalue weighted by atomic mass is 32.1. The van der Waals surface area contributed by atoms with Gasteiger partial charge in [0, 0.05) is 25.3 Å². The minimum absolute atomic E-state index is 0.0592. The van der Waals surface area contributed by atoms with Gasteiger partial charge in [0.2, 0.25) is 0 Å². The van der Waals surface area contributed by atoms with E-state index in [1.165, 1.54) is 23.7 Å². The predicted molar refractivity (Wildman–Crippen MR) is 125 cm³/mol. The molecule has 1 saturated heterocycles. The molecule has 4 rings (SSSR count). The van der Waals surface area contributed by atoms with Gasteiger partial charge in [0.15, 0.2) is 6.61 Å². The Morgan fingerprint density at radius 2 is 1.74 bits per heavy atom. The molecule has 1 aliphatic heterocycles. The average Bonchev–Trinajstić information content (AvgIpc) is 3.23. The summed E-state index contributed by atoms with van der Waals surface area (Å²) >= 11 is 1.25. The van der Waals surface area contributed by atoms with E-state index in [4.69, 9.17) is 9.47 Å². The molecule has 3 aromatic rings. The van der Waals surface area contributed by atoms with E-state index in [0.29, 0.717) is 23.8 Å². The molecule has 0 spiro atoms. The van der Waals surface area contributed by atoms with Crippen molar-refractivity contribution in [3.05, 3.63) is 59.7 Å². The second-order valence-corrected chi connectivity index (χ2v) is 9.01. The number of hydrogen-bond acceptors (Lipinski definition) is 5. The van der Waals surface area contributed by atoms with Gasteiger partial charge in [0.25, 0.3) is 5.91 Å². The van der Waals surface area contributed by atoms with Gasteiger partial charge in [-0.1, -0.05) is 12.1 Å². The quantitative estimate of drug-likeness (QED) is 0.460. The first-order valence-corrected chi connectivity index (χ1v) is 11.8. The number of carbonyl (C=O) groups is 1. The van der Waals surface area contributed by atoms with Gasteiger partial charge < -0.3 is 14.8 Å². The largest absolute Gasteiger partial charge is 0.484 e. The molecule has 2 aromatic carbocycles. The summed E-state index contributed by atoms with van der Waals surface area (Å²) in [6.45, 7) is 3.96. The summed E-state index contributed by atoms with van der Waals surface area (Å²) in [5.41, 5.74) is 2.54. The van der Waals surface area contributed by atoms with Crippen LogP contribution in [0.15, 0.2) is 48.5 Å². The second-order valence-electron chi connectivity index (χ2n) is 8.23. The van der Waals surface area contributed by atoms with Crippen LogP contribution < -0.4 is 10.1 Å². The fraction of sp³-hybridized carbons (Fsp3) is 0.360. The molecule has 0 atom stereocenters. The Hall–Kier alpha value is -2.91. The van der Waals surface area contributed by atoms with Crippen molar-refractivity contribution in [2.45, 2.75) is 25.9 Å². The molecule has 0 unspecified atom stereocenters. The number of nitrogens with zero attached hydrogens (tertiary/aromatic N) is 1. The van der Waals surface area contributed by atoms with Crippen LogP contribution in [-0.2, 0) is 15.7 Å². The number of benzene rings is 2. The molecule has 180 valence electrons. The molecule has 0 aliphatic carbocycles. The Kier molecular flexibility index (Phi) is 7.53. The summed E-state index contributed by atoms with van der Waals surface area (Å²) in [5.74, 6) is 0.860. The van der Waals surface area contributed by atoms with E-state index < -0.39 is 11.7 Å². The zero-order valence-electron chi connectivity index (χ0n) is 18.7. The molecule has 0 radical (unpaired) electrons. The zero-order chi connectivity index (χ0) is 24.1. The Morgan fingerprint density at radius 3 is 2.38 bits per heavy atom. The normalized spacial score (nSPS) is 14.7. The van der Waals surface area contributed by atoms with E-state index in [-0.39, 0.29) is 12.5 Å². The van der Waals surface area contributed by atoms with Gasteiger partial charge in [-0.15, -0.1) is 0 Å². The maximum absolute atomic E-state index is 12.8. The van der Waals surface area contributed by atoms with Crippen LogP contribution in [0.2, 0.25) is 0 Å². The van der Waals surface area contributed by atoms with Crippen molar-refractivity contribution in [1.29, 1.82) is 0 Å². The first-order chi connectivity index (χ1) is 16.3. The number of rotatable bonds is 7. The lowest BCUT2D eigenvalue weighted by Crippen LogP contribution is -2.35. The van der Waals surface area contributed by atoms with Gasteiger partial charge in [0.1, 0.15) is 5.75 Å². The third-order valence-electron chi connectivity index (χ3n) is 5.82. The van der Waals surface area contributed by atoms with E-state index >= 15 is 0 Å². The van der Waals surface area contributed by atoms with Gasteiger partial charge >= 0.3 is 6.18 Å². The number of hydrogen-bond donors (Lipinski definition) is 1. The minimum Gasteiger partial charge on any atom is -0.484 e. The Balaban J connectivity index is 1.35. The van der Waals surface area contributed by atoms with Crippen LogP contribution in [0.5, 0.6) is 5.75 Å². The number of amides is 1. The fourth-order valence-electron chi connectivity index (χ4n) is 3.80. The van der Waals surface area contributed by atoms with E-state index in [1.54, 1.807) is 12.1 Å². The van der Waals surface area contributed by atoms with Crippen LogP contribution >= 0.6 is 11.5 Å². The van der Waals surface area contributed by atoms with Crippen molar-refractivity contribution >= 4 is 17.4 Å². The van der Waals surface area contributed by atoms with Crippen molar-refractivity contribution in [3.8, 4) is 27.4 Å². The molecule has 5 nitrogen and oxygen atoms in total. The van der Waals surface area contributed by atoms with E-state index in [1.807, 2.05) is 19.1 Å². The minimum atomic E-state index is -4.36. The number of aromatic nitrogens is 1. The van der Waals surface area contributed by atoms with Crippen LogP contribution in [0.25, 0.3) is 21.7 Å². The third-order valence-corrected chi connectivity index (χ3v) is 6.82. The highest BCUT2D eigenvalue weighted by molar-refractivity contribution is 7.10. The van der Waals surface area contributed by atoms with Crippen LogP contribution in [0.3, 0.4) is 0 Å². The van der Waals surface area contributed by atoms with Crippen LogP contribution in [0.1, 0.15) is 24.0 Å². The lowest BCUT2D eigenvalue weighted by Gasteiger charge is -2.22. The first kappa shape index (κ1) is 24.2. The van der Waals surface area contributed by atoms with Crippen LogP contribution in [-0.4, -0.2) is 36.6 Å². The Bertz CT molecular complexity index is 1110. The van der Waals surface area contributed by atoms with Crippen LogP contribution in [0.4, 0.5) is 13.2 Å². The van der Waals surface area contributed by atoms with E-state index in [2.05, 4.69) is 9.69 Å². The van der Waals surface area contributed by atoms with Crippen molar-refractivity contribution < 1.29 is 27.4 Å². The molecule has 2 heterocycles. The van der Waals surface area contributed by atoms with E-state index in [9.17, 15) is 18.0 Å². The Morgan fingerprint density at radius 1 is 1.09 bits per heavy atom. The number of alkyl halides is 3. The molecule has 0 saturated carbocycles. The zero-order valence-corrected chi connectivity index (χ0v) is 19.5. The third kappa shape index (κ3) is 5.95. The molecule has 1 amide bonds. The van der Waals surface area contributed by atoms with Gasteiger partial charge in [0.05, 0.1) is 16.1 Å². The molecule has 1 N–H and O–H groups in total. The molecule has 1 fully saturated rings. The summed E-state index contributed by atoms with van der Waals surface area (Å²) in [5, 5.41) is 2.91. The van der Waals surface area contributed by atoms with Crippen molar-refractivity contribution in [2.24, 2.45) is 5.92 Å². The highest BCUT2D eigenvalue weighted by Gasteiger charge is 2.30. The van der Waals surface area contributed by atoms with Gasteiger partial charge in [-0.3, -0.25) is 4.79 Å². The standard InChI is InChI=1S/C25H25F3N2O3S/c1-16-23(30-34-24(16)19-2-6-20(7-3-19)25(26,27)28)18-4-8-21(9-5-18)33-15-22(31)29-14-17-10-12-32-13-11-17/h2-9,17H,10-15H2,1H3,(H,29,31). The summed E-state index contributed by atoms with van der Waals surface area (Å²) in [6, 6.07) is 12.4. The molecular weight excluding hydrogens is 465 g/mol. The number of nitrogens with one attached hydrogen (secondary N) is 1. The van der Waals surface area contributed by atoms with Gasteiger partial charge in [-0.05, 0) is 84.7 Å². The lowest BCUT2D eigenvalue weighted by molar-refractivity contribution is -0.137. The lowest BCUT2D eigenvalue weighted by atomic mass is 10.0. The average molecular weight is 491 g/mol. The predicted octanol–water partition coefficient (Wildman–Crippen LogP) is 5.73. The number of ether oxygens (including phenoxy) is 2. The maximum Gasteiger partial charge on any atom is 0.416 e. The number of carbonyl (C=O) groups excluding carboxylic acids is 1. The second kappa shape index (κ2) is 10.6. The smallest absolute Gasteiger partial charge is 0.416 e. The van der Waals surface area contributed by atoms with E-state index in [0.717, 1.165) is 59.9 Å². The summed E-state index contributed by atoms with van der Waals surface area (Å²) in [6.07, 6.45) is -2.44. The van der Waals surface area contributed by atoms with Crippen molar-refractivity contribution in [2.75, 3.05) is 26.4 Å². The first-order valence-electron chi connectivity index (χ1n) is 11.0. The molecule has 1 aliphatic rings. The van der Waals surface area contributed by atoms with Gasteiger partial charge in [-0.2, -0.15) is 17.5 Å². The van der Waals surface area contributed by atoms with Crippen LogP contribution in [0, 0.1) is 12.8 Å². The fourth-order valence-corrected chi connectivity index (χ4v) is 4.70. The Labute approximate surface area is 200 Å². The topological polar surface area (TPSA) is 60.5 Å².